The maximum absolute atomic E-state index is 13.8. The molecule has 0 bridgehead atoms. The highest BCUT2D eigenvalue weighted by molar-refractivity contribution is 9.10. The highest BCUT2D eigenvalue weighted by Crippen LogP contribution is 2.51. The molecule has 3 aromatic rings. The second kappa shape index (κ2) is 5.86. The summed E-state index contributed by atoms with van der Waals surface area (Å²) in [7, 11) is 0. The first-order valence-electron chi connectivity index (χ1n) is 7.04. The maximum atomic E-state index is 13.8. The van der Waals surface area contributed by atoms with Crippen LogP contribution in [0.25, 0.3) is 0 Å². The molecule has 0 N–H and O–H groups in total. The molecule has 4 rings (SSSR count). The molecular weight excluding hydrogens is 444 g/mol. The smallest absolute Gasteiger partial charge is 0.152 e. The van der Waals surface area contributed by atoms with Gasteiger partial charge in [-0.3, -0.25) is 0 Å². The molecule has 120 valence electrons. The van der Waals surface area contributed by atoms with Gasteiger partial charge in [-0.15, -0.1) is 0 Å². The normalized spacial score (nSPS) is 12.4. The first kappa shape index (κ1) is 15.6. The third-order valence-electron chi connectivity index (χ3n) is 3.65. The van der Waals surface area contributed by atoms with E-state index in [1.165, 1.54) is 12.1 Å². The molecule has 0 radical (unpaired) electrons. The third-order valence-corrected chi connectivity index (χ3v) is 4.64. The number of ether oxygens (including phenoxy) is 1. The number of fused-ring (bicyclic) bond motifs is 2. The highest BCUT2D eigenvalue weighted by Gasteiger charge is 2.26. The van der Waals surface area contributed by atoms with E-state index in [0.29, 0.717) is 28.6 Å². The van der Waals surface area contributed by atoms with E-state index in [1.54, 1.807) is 4.90 Å². The summed E-state index contributed by atoms with van der Waals surface area (Å²) in [6.07, 6.45) is 0. The first-order valence-corrected chi connectivity index (χ1v) is 8.63. The summed E-state index contributed by atoms with van der Waals surface area (Å²) in [5.74, 6) is -0.0677. The molecule has 0 aliphatic carbocycles. The number of anilines is 3. The Morgan fingerprint density at radius 2 is 1.21 bits per heavy atom. The van der Waals surface area contributed by atoms with Crippen LogP contribution in [0.3, 0.4) is 0 Å². The van der Waals surface area contributed by atoms with Crippen LogP contribution in [-0.4, -0.2) is 0 Å². The molecule has 1 aliphatic heterocycles. The van der Waals surface area contributed by atoms with Crippen molar-refractivity contribution in [2.24, 2.45) is 0 Å². The second-order valence-electron chi connectivity index (χ2n) is 5.29. The van der Waals surface area contributed by atoms with Crippen molar-refractivity contribution >= 4 is 48.9 Å². The van der Waals surface area contributed by atoms with Gasteiger partial charge in [-0.2, -0.15) is 0 Å². The van der Waals surface area contributed by atoms with Gasteiger partial charge >= 0.3 is 0 Å². The van der Waals surface area contributed by atoms with Crippen LogP contribution in [0, 0.1) is 11.6 Å². The van der Waals surface area contributed by atoms with Crippen molar-refractivity contribution in [2.75, 3.05) is 4.90 Å². The van der Waals surface area contributed by atoms with Crippen LogP contribution in [0.5, 0.6) is 11.5 Å². The fraction of sp³-hybridized carbons (Fsp3) is 0. The lowest BCUT2D eigenvalue weighted by Gasteiger charge is -2.33. The molecule has 6 heteroatoms. The predicted molar refractivity (Wildman–Crippen MR) is 96.5 cm³/mol. The van der Waals surface area contributed by atoms with Gasteiger partial charge in [0.2, 0.25) is 0 Å². The molecule has 0 aromatic heterocycles. The summed E-state index contributed by atoms with van der Waals surface area (Å²) in [5.41, 5.74) is 1.80. The Labute approximate surface area is 153 Å². The Hall–Kier alpha value is -1.92. The molecule has 24 heavy (non-hydrogen) atoms. The molecule has 0 amide bonds. The van der Waals surface area contributed by atoms with Crippen LogP contribution in [0.1, 0.15) is 0 Å². The van der Waals surface area contributed by atoms with Crippen LogP contribution >= 0.6 is 31.9 Å². The number of halogens is 4. The molecule has 0 spiro atoms. The topological polar surface area (TPSA) is 12.5 Å². The number of hydrogen-bond donors (Lipinski definition) is 0. The largest absolute Gasteiger partial charge is 0.453 e. The molecule has 0 atom stereocenters. The fourth-order valence-electron chi connectivity index (χ4n) is 2.70. The van der Waals surface area contributed by atoms with Crippen LogP contribution in [0.15, 0.2) is 63.5 Å². The average molecular weight is 453 g/mol. The number of hydrogen-bond acceptors (Lipinski definition) is 2. The molecule has 1 aliphatic rings. The lowest BCUT2D eigenvalue weighted by Crippen LogP contribution is -2.16. The molecule has 0 fully saturated rings. The van der Waals surface area contributed by atoms with E-state index >= 15 is 0 Å². The zero-order valence-corrected chi connectivity index (χ0v) is 15.2. The minimum Gasteiger partial charge on any atom is -0.453 e. The van der Waals surface area contributed by atoms with Crippen LogP contribution < -0.4 is 9.64 Å². The third kappa shape index (κ3) is 2.70. The van der Waals surface area contributed by atoms with Crippen molar-refractivity contribution in [3.05, 3.63) is 75.2 Å². The lowest BCUT2D eigenvalue weighted by molar-refractivity contribution is 0.476. The van der Waals surface area contributed by atoms with Gasteiger partial charge in [0.25, 0.3) is 0 Å². The van der Waals surface area contributed by atoms with E-state index in [4.69, 9.17) is 4.74 Å². The zero-order valence-electron chi connectivity index (χ0n) is 12.1. The quantitative estimate of drug-likeness (QED) is 0.306. The SMILES string of the molecule is Fc1cc(F)cc(N2c3ccc(Br)cc3Oc3cc(Br)ccc32)c1. The van der Waals surface area contributed by atoms with E-state index in [-0.39, 0.29) is 0 Å². The zero-order chi connectivity index (χ0) is 16.8. The van der Waals surface area contributed by atoms with Crippen LogP contribution in [-0.2, 0) is 0 Å². The van der Waals surface area contributed by atoms with Gasteiger partial charge in [0, 0.05) is 15.0 Å². The molecular formula is C18H9Br2F2NO. The van der Waals surface area contributed by atoms with Gasteiger partial charge < -0.3 is 9.64 Å². The van der Waals surface area contributed by atoms with Gasteiger partial charge in [0.05, 0.1) is 17.1 Å². The molecule has 2 nitrogen and oxygen atoms in total. The predicted octanol–water partition coefficient (Wildman–Crippen LogP) is 7.07. The van der Waals surface area contributed by atoms with Crippen LogP contribution in [0.4, 0.5) is 25.8 Å². The number of rotatable bonds is 1. The standard InChI is InChI=1S/C18H9Br2F2NO/c19-10-1-3-15-17(5-10)24-18-6-11(20)2-4-16(18)23(15)14-8-12(21)7-13(22)9-14/h1-9H. The monoisotopic (exact) mass is 451 g/mol. The first-order chi connectivity index (χ1) is 11.5. The van der Waals surface area contributed by atoms with Gasteiger partial charge in [-0.05, 0) is 48.5 Å². The van der Waals surface area contributed by atoms with E-state index in [0.717, 1.165) is 15.0 Å². The Balaban J connectivity index is 1.98. The van der Waals surface area contributed by atoms with Crippen molar-refractivity contribution in [3.63, 3.8) is 0 Å². The van der Waals surface area contributed by atoms with Crippen molar-refractivity contribution in [2.45, 2.75) is 0 Å². The summed E-state index contributed by atoms with van der Waals surface area (Å²) in [4.78, 5) is 1.78. The van der Waals surface area contributed by atoms with E-state index in [2.05, 4.69) is 31.9 Å². The van der Waals surface area contributed by atoms with Gasteiger partial charge in [0.1, 0.15) is 11.6 Å². The Bertz CT molecular complexity index is 890. The maximum Gasteiger partial charge on any atom is 0.152 e. The van der Waals surface area contributed by atoms with Gasteiger partial charge in [0.15, 0.2) is 11.5 Å². The van der Waals surface area contributed by atoms with Crippen molar-refractivity contribution in [1.29, 1.82) is 0 Å². The second-order valence-corrected chi connectivity index (χ2v) is 7.12. The molecule has 1 heterocycles. The van der Waals surface area contributed by atoms with E-state index < -0.39 is 11.6 Å². The number of benzene rings is 3. The summed E-state index contributed by atoms with van der Waals surface area (Å²) in [6, 6.07) is 14.5. The summed E-state index contributed by atoms with van der Waals surface area (Å²) in [5, 5.41) is 0. The van der Waals surface area contributed by atoms with Gasteiger partial charge in [-0.1, -0.05) is 31.9 Å². The average Bonchev–Trinajstić information content (AvgIpc) is 2.51. The fourth-order valence-corrected chi connectivity index (χ4v) is 3.38. The van der Waals surface area contributed by atoms with Crippen molar-refractivity contribution in [1.82, 2.24) is 0 Å². The summed E-state index contributed by atoms with van der Waals surface area (Å²) >= 11 is 6.83. The van der Waals surface area contributed by atoms with E-state index in [1.807, 2.05) is 36.4 Å². The summed E-state index contributed by atoms with van der Waals surface area (Å²) in [6.45, 7) is 0. The lowest BCUT2D eigenvalue weighted by atomic mass is 10.1. The van der Waals surface area contributed by atoms with Gasteiger partial charge in [-0.25, -0.2) is 8.78 Å². The van der Waals surface area contributed by atoms with E-state index in [9.17, 15) is 8.78 Å². The van der Waals surface area contributed by atoms with Crippen molar-refractivity contribution in [3.8, 4) is 11.5 Å². The Morgan fingerprint density at radius 3 is 1.71 bits per heavy atom. The molecule has 0 saturated carbocycles. The minimum absolute atomic E-state index is 0.392. The molecule has 0 saturated heterocycles. The van der Waals surface area contributed by atoms with Crippen molar-refractivity contribution < 1.29 is 13.5 Å². The number of nitrogens with zero attached hydrogens (tertiary/aromatic N) is 1. The molecule has 3 aromatic carbocycles. The summed E-state index contributed by atoms with van der Waals surface area (Å²) < 4.78 is 35.2. The van der Waals surface area contributed by atoms with Crippen LogP contribution in [0.2, 0.25) is 0 Å². The Kier molecular flexibility index (Phi) is 3.81. The minimum atomic E-state index is -0.631. The Morgan fingerprint density at radius 1 is 0.708 bits per heavy atom. The highest BCUT2D eigenvalue weighted by atomic mass is 79.9. The molecule has 0 unspecified atom stereocenters.